The molecule has 0 bridgehead atoms. The fourth-order valence-corrected chi connectivity index (χ4v) is 5.54. The van der Waals surface area contributed by atoms with E-state index >= 15 is 0 Å². The zero-order valence-electron chi connectivity index (χ0n) is 21.3. The van der Waals surface area contributed by atoms with E-state index in [0.717, 1.165) is 12.3 Å². The fourth-order valence-electron chi connectivity index (χ4n) is 4.84. The second-order valence-electron chi connectivity index (χ2n) is 9.67. The van der Waals surface area contributed by atoms with Crippen LogP contribution in [0.15, 0.2) is 114 Å². The third-order valence-corrected chi connectivity index (χ3v) is 7.85. The molecule has 36 heavy (non-hydrogen) atoms. The molecule has 2 aromatic carbocycles. The Morgan fingerprint density at radius 2 is 1.61 bits per heavy atom. The molecular formula is C35H38S. The maximum absolute atomic E-state index is 3.71. The maximum Gasteiger partial charge on any atom is 0.00793 e. The smallest absolute Gasteiger partial charge is 0.00793 e. The zero-order valence-corrected chi connectivity index (χ0v) is 22.1. The summed E-state index contributed by atoms with van der Waals surface area (Å²) in [6.45, 7) is 3.71. The molecule has 1 saturated carbocycles. The van der Waals surface area contributed by atoms with E-state index in [0.29, 0.717) is 0 Å². The Balaban J connectivity index is 1.30. The lowest BCUT2D eigenvalue weighted by Gasteiger charge is -2.21. The van der Waals surface area contributed by atoms with E-state index in [1.807, 2.05) is 12.2 Å². The van der Waals surface area contributed by atoms with Crippen LogP contribution in [0.5, 0.6) is 0 Å². The van der Waals surface area contributed by atoms with Gasteiger partial charge >= 0.3 is 0 Å². The molecule has 1 fully saturated rings. The lowest BCUT2D eigenvalue weighted by molar-refractivity contribution is 0.339. The van der Waals surface area contributed by atoms with Crippen molar-refractivity contribution in [2.24, 2.45) is 5.92 Å². The fraction of sp³-hybridized carbons (Fsp3) is 0.257. The van der Waals surface area contributed by atoms with Crippen LogP contribution >= 0.6 is 11.8 Å². The molecule has 0 aromatic heterocycles. The van der Waals surface area contributed by atoms with Gasteiger partial charge in [0.15, 0.2) is 0 Å². The second kappa shape index (κ2) is 14.5. The third kappa shape index (κ3) is 8.57. The summed E-state index contributed by atoms with van der Waals surface area (Å²) in [5, 5.41) is 2.19. The first-order valence-electron chi connectivity index (χ1n) is 13.4. The first-order valence-corrected chi connectivity index (χ1v) is 14.2. The summed E-state index contributed by atoms with van der Waals surface area (Å²) in [4.78, 5) is 1.28. The number of thioether (sulfide) groups is 1. The van der Waals surface area contributed by atoms with Crippen molar-refractivity contribution in [3.05, 3.63) is 136 Å². The van der Waals surface area contributed by atoms with Crippen LogP contribution < -0.4 is 0 Å². The Bertz CT molecular complexity index is 1160. The van der Waals surface area contributed by atoms with Gasteiger partial charge in [-0.3, -0.25) is 0 Å². The Morgan fingerprint density at radius 1 is 0.833 bits per heavy atom. The quantitative estimate of drug-likeness (QED) is 0.236. The van der Waals surface area contributed by atoms with Gasteiger partial charge in [0.25, 0.3) is 0 Å². The first kappa shape index (κ1) is 26.0. The van der Waals surface area contributed by atoms with Gasteiger partial charge in [0.1, 0.15) is 0 Å². The van der Waals surface area contributed by atoms with E-state index in [2.05, 4.69) is 103 Å². The molecule has 4 rings (SSSR count). The van der Waals surface area contributed by atoms with Gasteiger partial charge in [-0.05, 0) is 70.6 Å². The second-order valence-corrected chi connectivity index (χ2v) is 10.7. The SMILES string of the molecule is C=C/C=C\C=C1\C=CC(S/C=C/c2ccccc2/C=C\c2ccc(CCC3CCCCC3)cc2)=CC1. The normalized spacial score (nSPS) is 18.0. The van der Waals surface area contributed by atoms with Gasteiger partial charge in [0.2, 0.25) is 0 Å². The molecule has 2 aromatic rings. The standard InChI is InChI=1S/C35H38S/c1-2-3-5-10-30-22-25-35(26-23-30)36-28-27-34-14-9-8-13-33(34)24-21-32-19-17-31(18-20-32)16-15-29-11-6-4-7-12-29/h2-3,5,8-10,13-14,17-22,24-29H,1,4,6-7,11-12,15-16,23H2/b5-3-,24-21-,28-27+,30-10-. The highest BCUT2D eigenvalue weighted by molar-refractivity contribution is 8.06. The molecule has 0 nitrogen and oxygen atoms in total. The topological polar surface area (TPSA) is 0 Å². The third-order valence-electron chi connectivity index (χ3n) is 7.01. The number of aryl methyl sites for hydroxylation is 1. The van der Waals surface area contributed by atoms with Crippen LogP contribution in [0.25, 0.3) is 18.2 Å². The highest BCUT2D eigenvalue weighted by Crippen LogP contribution is 2.28. The van der Waals surface area contributed by atoms with Crippen molar-refractivity contribution >= 4 is 30.0 Å². The lowest BCUT2D eigenvalue weighted by atomic mass is 9.85. The highest BCUT2D eigenvalue weighted by Gasteiger charge is 2.12. The van der Waals surface area contributed by atoms with E-state index in [1.54, 1.807) is 17.8 Å². The number of rotatable bonds is 10. The molecule has 0 aliphatic heterocycles. The van der Waals surface area contributed by atoms with Gasteiger partial charge in [-0.25, -0.2) is 0 Å². The van der Waals surface area contributed by atoms with Crippen molar-refractivity contribution in [3.63, 3.8) is 0 Å². The van der Waals surface area contributed by atoms with Crippen molar-refractivity contribution < 1.29 is 0 Å². The van der Waals surface area contributed by atoms with Gasteiger partial charge in [-0.1, -0.05) is 148 Å². The first-order chi connectivity index (χ1) is 17.8. The lowest BCUT2D eigenvalue weighted by Crippen LogP contribution is -2.07. The van der Waals surface area contributed by atoms with Crippen molar-refractivity contribution in [1.29, 1.82) is 0 Å². The molecule has 0 heterocycles. The van der Waals surface area contributed by atoms with E-state index in [4.69, 9.17) is 0 Å². The number of allylic oxidation sites excluding steroid dienone is 8. The minimum Gasteiger partial charge on any atom is -0.0991 e. The van der Waals surface area contributed by atoms with Crippen LogP contribution in [0.4, 0.5) is 0 Å². The minimum atomic E-state index is 0.950. The molecule has 0 amide bonds. The van der Waals surface area contributed by atoms with Gasteiger partial charge in [-0.15, -0.1) is 0 Å². The number of benzene rings is 2. The summed E-state index contributed by atoms with van der Waals surface area (Å²) in [5.41, 5.74) is 6.52. The van der Waals surface area contributed by atoms with Gasteiger partial charge in [-0.2, -0.15) is 0 Å². The molecule has 0 atom stereocenters. The van der Waals surface area contributed by atoms with Crippen LogP contribution in [-0.2, 0) is 6.42 Å². The molecule has 0 saturated heterocycles. The van der Waals surface area contributed by atoms with Crippen LogP contribution in [0, 0.1) is 5.92 Å². The van der Waals surface area contributed by atoms with E-state index in [-0.39, 0.29) is 0 Å². The number of hydrogen-bond acceptors (Lipinski definition) is 1. The van der Waals surface area contributed by atoms with Gasteiger partial charge in [0, 0.05) is 4.91 Å². The van der Waals surface area contributed by atoms with Crippen LogP contribution in [0.1, 0.15) is 67.2 Å². The molecule has 0 unspecified atom stereocenters. The van der Waals surface area contributed by atoms with E-state index in [1.165, 1.54) is 77.7 Å². The van der Waals surface area contributed by atoms with Crippen molar-refractivity contribution in [3.8, 4) is 0 Å². The molecule has 1 heteroatoms. The average molecular weight is 491 g/mol. The van der Waals surface area contributed by atoms with E-state index in [9.17, 15) is 0 Å². The van der Waals surface area contributed by atoms with Crippen LogP contribution in [0.3, 0.4) is 0 Å². The van der Waals surface area contributed by atoms with Gasteiger partial charge in [0.05, 0.1) is 0 Å². The van der Waals surface area contributed by atoms with Crippen LogP contribution in [-0.4, -0.2) is 0 Å². The molecule has 2 aliphatic rings. The highest BCUT2D eigenvalue weighted by atomic mass is 32.2. The summed E-state index contributed by atoms with van der Waals surface area (Å²) < 4.78 is 0. The largest absolute Gasteiger partial charge is 0.0991 e. The summed E-state index contributed by atoms with van der Waals surface area (Å²) in [6, 6.07) is 17.7. The summed E-state index contributed by atoms with van der Waals surface area (Å²) in [6.07, 6.45) is 32.0. The van der Waals surface area contributed by atoms with Crippen LogP contribution in [0.2, 0.25) is 0 Å². The Kier molecular flexibility index (Phi) is 10.5. The number of hydrogen-bond donors (Lipinski definition) is 0. The van der Waals surface area contributed by atoms with E-state index < -0.39 is 0 Å². The zero-order chi connectivity index (χ0) is 24.8. The molecule has 0 N–H and O–H groups in total. The summed E-state index contributed by atoms with van der Waals surface area (Å²) >= 11 is 1.77. The molecule has 0 spiro atoms. The molecule has 0 radical (unpaired) electrons. The van der Waals surface area contributed by atoms with Crippen molar-refractivity contribution in [1.82, 2.24) is 0 Å². The van der Waals surface area contributed by atoms with Crippen molar-refractivity contribution in [2.75, 3.05) is 0 Å². The molecule has 184 valence electrons. The maximum atomic E-state index is 3.71. The Morgan fingerprint density at radius 3 is 2.33 bits per heavy atom. The molecule has 2 aliphatic carbocycles. The molecular weight excluding hydrogens is 452 g/mol. The predicted molar refractivity (Wildman–Crippen MR) is 163 cm³/mol. The average Bonchev–Trinajstić information content (AvgIpc) is 2.93. The predicted octanol–water partition coefficient (Wildman–Crippen LogP) is 10.6. The monoisotopic (exact) mass is 490 g/mol. The summed E-state index contributed by atoms with van der Waals surface area (Å²) in [7, 11) is 0. The Hall–Kier alpha value is -3.03. The minimum absolute atomic E-state index is 0.950. The Labute approximate surface area is 222 Å². The van der Waals surface area contributed by atoms with Crippen molar-refractivity contribution in [2.45, 2.75) is 51.4 Å². The van der Waals surface area contributed by atoms with Gasteiger partial charge < -0.3 is 0 Å². The summed E-state index contributed by atoms with van der Waals surface area (Å²) in [5.74, 6) is 0.950.